The van der Waals surface area contributed by atoms with Gasteiger partial charge in [0.2, 0.25) is 5.91 Å². The van der Waals surface area contributed by atoms with Crippen molar-refractivity contribution in [2.45, 2.75) is 13.0 Å². The summed E-state index contributed by atoms with van der Waals surface area (Å²) in [6.45, 7) is 4.42. The van der Waals surface area contributed by atoms with Crippen LogP contribution in [0.5, 0.6) is 0 Å². The van der Waals surface area contributed by atoms with Crippen LogP contribution in [0.15, 0.2) is 54.6 Å². The van der Waals surface area contributed by atoms with Crippen LogP contribution in [0.2, 0.25) is 5.02 Å². The number of anilines is 2. The molecule has 0 saturated carbocycles. The van der Waals surface area contributed by atoms with E-state index in [4.69, 9.17) is 11.6 Å². The SMILES string of the molecule is C[C@H](NC(=O)N1CCN(c2ccccc2)CC1)C(=O)Nc1cccc(Cl)c1. The maximum Gasteiger partial charge on any atom is 0.318 e. The van der Waals surface area contributed by atoms with Crippen LogP contribution in [0.25, 0.3) is 0 Å². The molecule has 0 aromatic heterocycles. The number of rotatable bonds is 4. The predicted molar refractivity (Wildman–Crippen MR) is 108 cm³/mol. The minimum Gasteiger partial charge on any atom is -0.368 e. The first-order valence-corrected chi connectivity index (χ1v) is 9.32. The molecule has 1 fully saturated rings. The Labute approximate surface area is 164 Å². The van der Waals surface area contributed by atoms with E-state index in [0.717, 1.165) is 18.8 Å². The molecular weight excluding hydrogens is 364 g/mol. The quantitative estimate of drug-likeness (QED) is 0.848. The molecule has 1 aliphatic heterocycles. The van der Waals surface area contributed by atoms with Gasteiger partial charge in [0.1, 0.15) is 6.04 Å². The van der Waals surface area contributed by atoms with E-state index in [1.807, 2.05) is 18.2 Å². The summed E-state index contributed by atoms with van der Waals surface area (Å²) in [7, 11) is 0. The molecule has 1 heterocycles. The van der Waals surface area contributed by atoms with Crippen LogP contribution in [-0.4, -0.2) is 49.1 Å². The molecule has 0 radical (unpaired) electrons. The summed E-state index contributed by atoms with van der Waals surface area (Å²) in [4.78, 5) is 28.7. The molecule has 2 N–H and O–H groups in total. The summed E-state index contributed by atoms with van der Waals surface area (Å²) in [5.41, 5.74) is 1.76. The Bertz CT molecular complexity index is 792. The number of para-hydroxylation sites is 1. The highest BCUT2D eigenvalue weighted by Crippen LogP contribution is 2.16. The van der Waals surface area contributed by atoms with Crippen LogP contribution >= 0.6 is 11.6 Å². The number of amides is 3. The molecular formula is C20H23ClN4O2. The fourth-order valence-corrected chi connectivity index (χ4v) is 3.16. The third kappa shape index (κ3) is 5.14. The Hall–Kier alpha value is -2.73. The number of nitrogens with zero attached hydrogens (tertiary/aromatic N) is 2. The van der Waals surface area contributed by atoms with Gasteiger partial charge >= 0.3 is 6.03 Å². The first-order chi connectivity index (χ1) is 13.0. The monoisotopic (exact) mass is 386 g/mol. The first-order valence-electron chi connectivity index (χ1n) is 8.95. The fraction of sp³-hybridized carbons (Fsp3) is 0.300. The van der Waals surface area contributed by atoms with Gasteiger partial charge in [-0.1, -0.05) is 35.9 Å². The zero-order valence-corrected chi connectivity index (χ0v) is 15.9. The van der Waals surface area contributed by atoms with Gasteiger partial charge in [0.15, 0.2) is 0 Å². The van der Waals surface area contributed by atoms with E-state index in [0.29, 0.717) is 23.8 Å². The zero-order valence-electron chi connectivity index (χ0n) is 15.2. The number of carbonyl (C=O) groups is 2. The van der Waals surface area contributed by atoms with Gasteiger partial charge in [0.05, 0.1) is 0 Å². The minimum atomic E-state index is -0.649. The van der Waals surface area contributed by atoms with Gasteiger partial charge in [-0.05, 0) is 37.3 Å². The highest BCUT2D eigenvalue weighted by atomic mass is 35.5. The number of urea groups is 1. The molecule has 2 aromatic rings. The van der Waals surface area contributed by atoms with Crippen molar-refractivity contribution in [1.29, 1.82) is 0 Å². The summed E-state index contributed by atoms with van der Waals surface area (Å²) in [5, 5.41) is 6.06. The molecule has 0 spiro atoms. The van der Waals surface area contributed by atoms with Gasteiger partial charge in [0.25, 0.3) is 0 Å². The van der Waals surface area contributed by atoms with Gasteiger partial charge in [-0.3, -0.25) is 4.79 Å². The second kappa shape index (κ2) is 8.77. The molecule has 1 saturated heterocycles. The fourth-order valence-electron chi connectivity index (χ4n) is 2.97. The number of hydrogen-bond donors (Lipinski definition) is 2. The van der Waals surface area contributed by atoms with Gasteiger partial charge in [0, 0.05) is 42.6 Å². The first kappa shape index (κ1) is 19.0. The molecule has 1 atom stereocenters. The van der Waals surface area contributed by atoms with E-state index < -0.39 is 6.04 Å². The Morgan fingerprint density at radius 1 is 1.00 bits per heavy atom. The molecule has 142 valence electrons. The molecule has 3 amide bonds. The molecule has 3 rings (SSSR count). The van der Waals surface area contributed by atoms with Crippen molar-refractivity contribution in [3.05, 3.63) is 59.6 Å². The second-order valence-corrected chi connectivity index (χ2v) is 6.92. The Kier molecular flexibility index (Phi) is 6.19. The van der Waals surface area contributed by atoms with Crippen molar-refractivity contribution < 1.29 is 9.59 Å². The van der Waals surface area contributed by atoms with Crippen molar-refractivity contribution in [3.8, 4) is 0 Å². The van der Waals surface area contributed by atoms with Gasteiger partial charge in [-0.25, -0.2) is 4.79 Å². The summed E-state index contributed by atoms with van der Waals surface area (Å²) in [6, 6.07) is 16.2. The van der Waals surface area contributed by atoms with Crippen LogP contribution in [0.1, 0.15) is 6.92 Å². The van der Waals surface area contributed by atoms with E-state index in [9.17, 15) is 9.59 Å². The minimum absolute atomic E-state index is 0.226. The number of halogens is 1. The van der Waals surface area contributed by atoms with Crippen LogP contribution < -0.4 is 15.5 Å². The van der Waals surface area contributed by atoms with Crippen molar-refractivity contribution in [2.75, 3.05) is 36.4 Å². The molecule has 7 heteroatoms. The molecule has 6 nitrogen and oxygen atoms in total. The summed E-state index contributed by atoms with van der Waals surface area (Å²) in [5.74, 6) is -0.284. The molecule has 0 aliphatic carbocycles. The Morgan fingerprint density at radius 2 is 1.70 bits per heavy atom. The van der Waals surface area contributed by atoms with Gasteiger partial charge in [-0.2, -0.15) is 0 Å². The molecule has 1 aliphatic rings. The molecule has 27 heavy (non-hydrogen) atoms. The topological polar surface area (TPSA) is 64.7 Å². The third-order valence-corrected chi connectivity index (χ3v) is 4.75. The Balaban J connectivity index is 1.48. The number of benzene rings is 2. The van der Waals surface area contributed by atoms with Gasteiger partial charge < -0.3 is 20.4 Å². The van der Waals surface area contributed by atoms with E-state index >= 15 is 0 Å². The van der Waals surface area contributed by atoms with E-state index in [2.05, 4.69) is 27.7 Å². The number of piperazine rings is 1. The average molecular weight is 387 g/mol. The van der Waals surface area contributed by atoms with Crippen LogP contribution in [0.4, 0.5) is 16.2 Å². The van der Waals surface area contributed by atoms with Gasteiger partial charge in [-0.15, -0.1) is 0 Å². The molecule has 2 aromatic carbocycles. The number of carbonyl (C=O) groups excluding carboxylic acids is 2. The standard InChI is InChI=1S/C20H23ClN4O2/c1-15(19(26)23-17-7-5-6-16(21)14-17)22-20(27)25-12-10-24(11-13-25)18-8-3-2-4-9-18/h2-9,14-15H,10-13H2,1H3,(H,22,27)(H,23,26)/t15-/m0/s1. The third-order valence-electron chi connectivity index (χ3n) is 4.51. The van der Waals surface area contributed by atoms with E-state index in [1.165, 1.54) is 0 Å². The van der Waals surface area contributed by atoms with E-state index in [1.54, 1.807) is 36.1 Å². The average Bonchev–Trinajstić information content (AvgIpc) is 2.68. The van der Waals surface area contributed by atoms with Crippen LogP contribution in [-0.2, 0) is 4.79 Å². The lowest BCUT2D eigenvalue weighted by Crippen LogP contribution is -2.54. The van der Waals surface area contributed by atoms with Crippen LogP contribution in [0.3, 0.4) is 0 Å². The lowest BCUT2D eigenvalue weighted by Gasteiger charge is -2.36. The predicted octanol–water partition coefficient (Wildman–Crippen LogP) is 3.20. The van der Waals surface area contributed by atoms with E-state index in [-0.39, 0.29) is 11.9 Å². The normalized spacial score (nSPS) is 15.2. The number of hydrogen-bond acceptors (Lipinski definition) is 3. The lowest BCUT2D eigenvalue weighted by atomic mass is 10.2. The maximum absolute atomic E-state index is 12.5. The largest absolute Gasteiger partial charge is 0.368 e. The van der Waals surface area contributed by atoms with Crippen molar-refractivity contribution in [3.63, 3.8) is 0 Å². The summed E-state index contributed by atoms with van der Waals surface area (Å²) in [6.07, 6.45) is 0. The van der Waals surface area contributed by atoms with Crippen molar-refractivity contribution in [1.82, 2.24) is 10.2 Å². The van der Waals surface area contributed by atoms with Crippen molar-refractivity contribution in [2.24, 2.45) is 0 Å². The zero-order chi connectivity index (χ0) is 19.2. The maximum atomic E-state index is 12.5. The highest BCUT2D eigenvalue weighted by molar-refractivity contribution is 6.30. The second-order valence-electron chi connectivity index (χ2n) is 6.48. The summed E-state index contributed by atoms with van der Waals surface area (Å²) >= 11 is 5.92. The van der Waals surface area contributed by atoms with Crippen molar-refractivity contribution >= 4 is 34.9 Å². The molecule has 0 unspecified atom stereocenters. The van der Waals surface area contributed by atoms with Crippen LogP contribution in [0, 0.1) is 0 Å². The molecule has 0 bridgehead atoms. The highest BCUT2D eigenvalue weighted by Gasteiger charge is 2.24. The number of nitrogens with one attached hydrogen (secondary N) is 2. The lowest BCUT2D eigenvalue weighted by molar-refractivity contribution is -0.117. The summed E-state index contributed by atoms with van der Waals surface area (Å²) < 4.78 is 0. The Morgan fingerprint density at radius 3 is 2.37 bits per heavy atom. The smallest absolute Gasteiger partial charge is 0.318 e.